The number of carbonyl (C=O) groups excluding carboxylic acids is 3. The van der Waals surface area contributed by atoms with Crippen LogP contribution in [0.15, 0.2) is 96.2 Å². The molecule has 3 amide bonds. The van der Waals surface area contributed by atoms with Gasteiger partial charge < -0.3 is 10.2 Å². The fourth-order valence-electron chi connectivity index (χ4n) is 4.40. The highest BCUT2D eigenvalue weighted by Crippen LogP contribution is 2.29. The normalized spacial score (nSPS) is 15.1. The van der Waals surface area contributed by atoms with Crippen LogP contribution >= 0.6 is 23.2 Å². The van der Waals surface area contributed by atoms with Gasteiger partial charge >= 0.3 is 0 Å². The summed E-state index contributed by atoms with van der Waals surface area (Å²) in [5.74, 6) is -1.58. The van der Waals surface area contributed by atoms with Gasteiger partial charge in [-0.15, -0.1) is 0 Å². The average Bonchev–Trinajstić information content (AvgIpc) is 3.03. The van der Waals surface area contributed by atoms with E-state index in [1.54, 1.807) is 42.7 Å². The first-order chi connectivity index (χ1) is 19.6. The van der Waals surface area contributed by atoms with Crippen molar-refractivity contribution in [1.29, 1.82) is 0 Å². The minimum absolute atomic E-state index is 0.0459. The van der Waals surface area contributed by atoms with Gasteiger partial charge in [0.25, 0.3) is 21.8 Å². The van der Waals surface area contributed by atoms with Crippen LogP contribution in [-0.4, -0.2) is 42.1 Å². The van der Waals surface area contributed by atoms with E-state index in [-0.39, 0.29) is 35.2 Å². The summed E-state index contributed by atoms with van der Waals surface area (Å²) in [4.78, 5) is 45.3. The molecule has 9 nitrogen and oxygen atoms in total. The molecule has 0 spiro atoms. The Bertz CT molecular complexity index is 1730. The second kappa shape index (κ2) is 11.7. The molecule has 1 unspecified atom stereocenters. The predicted molar refractivity (Wildman–Crippen MR) is 154 cm³/mol. The van der Waals surface area contributed by atoms with Crippen molar-refractivity contribution in [3.05, 3.63) is 124 Å². The van der Waals surface area contributed by atoms with E-state index >= 15 is 0 Å². The third kappa shape index (κ3) is 6.40. The molecule has 5 rings (SSSR count). The van der Waals surface area contributed by atoms with Crippen LogP contribution in [0.4, 0.5) is 5.69 Å². The van der Waals surface area contributed by atoms with Gasteiger partial charge in [0.1, 0.15) is 6.04 Å². The zero-order valence-electron chi connectivity index (χ0n) is 21.3. The summed E-state index contributed by atoms with van der Waals surface area (Å²) in [6.45, 7) is 0.0459. The van der Waals surface area contributed by atoms with E-state index in [2.05, 4.69) is 10.3 Å². The number of sulfonamides is 1. The lowest BCUT2D eigenvalue weighted by molar-refractivity contribution is -0.120. The van der Waals surface area contributed by atoms with Crippen molar-refractivity contribution in [2.75, 3.05) is 5.32 Å². The van der Waals surface area contributed by atoms with Crippen LogP contribution in [0.1, 0.15) is 31.8 Å². The van der Waals surface area contributed by atoms with Crippen LogP contribution in [-0.2, 0) is 27.8 Å². The van der Waals surface area contributed by atoms with Crippen molar-refractivity contribution < 1.29 is 22.8 Å². The number of pyridine rings is 1. The molecular weight excluding hydrogens is 587 g/mol. The van der Waals surface area contributed by atoms with E-state index in [9.17, 15) is 22.8 Å². The third-order valence-electron chi connectivity index (χ3n) is 6.48. The molecule has 2 heterocycles. The zero-order valence-corrected chi connectivity index (χ0v) is 23.6. The first-order valence-electron chi connectivity index (χ1n) is 12.3. The fourth-order valence-corrected chi connectivity index (χ4v) is 5.67. The molecule has 3 aromatic carbocycles. The van der Waals surface area contributed by atoms with Gasteiger partial charge in [0.2, 0.25) is 5.91 Å². The maximum atomic E-state index is 13.7. The summed E-state index contributed by atoms with van der Waals surface area (Å²) in [7, 11) is -4.11. The first-order valence-corrected chi connectivity index (χ1v) is 14.6. The molecule has 2 N–H and O–H groups in total. The monoisotopic (exact) mass is 608 g/mol. The van der Waals surface area contributed by atoms with Gasteiger partial charge in [-0.3, -0.25) is 19.4 Å². The van der Waals surface area contributed by atoms with Gasteiger partial charge in [-0.25, -0.2) is 13.1 Å². The van der Waals surface area contributed by atoms with E-state index in [0.29, 0.717) is 26.9 Å². The molecule has 0 aliphatic carbocycles. The van der Waals surface area contributed by atoms with Crippen molar-refractivity contribution in [2.45, 2.75) is 23.9 Å². The molecule has 0 radical (unpaired) electrons. The van der Waals surface area contributed by atoms with Crippen LogP contribution in [0.25, 0.3) is 0 Å². The lowest BCUT2D eigenvalue weighted by atomic mass is 10.0. The molecule has 4 aromatic rings. The number of benzene rings is 3. The zero-order chi connectivity index (χ0) is 29.1. The van der Waals surface area contributed by atoms with Crippen molar-refractivity contribution in [1.82, 2.24) is 14.6 Å². The molecule has 41 heavy (non-hydrogen) atoms. The first kappa shape index (κ1) is 28.3. The van der Waals surface area contributed by atoms with Crippen molar-refractivity contribution in [2.24, 2.45) is 0 Å². The maximum Gasteiger partial charge on any atom is 0.264 e. The predicted octanol–water partition coefficient (Wildman–Crippen LogP) is 4.71. The Kier molecular flexibility index (Phi) is 8.07. The molecule has 0 saturated carbocycles. The summed E-state index contributed by atoms with van der Waals surface area (Å²) in [6, 6.07) is 18.9. The summed E-state index contributed by atoms with van der Waals surface area (Å²) in [5, 5.41) is 3.56. The summed E-state index contributed by atoms with van der Waals surface area (Å²) >= 11 is 11.9. The second-order valence-corrected chi connectivity index (χ2v) is 11.8. The Hall–Kier alpha value is -4.25. The molecule has 0 fully saturated rings. The highest BCUT2D eigenvalue weighted by molar-refractivity contribution is 7.90. The molecule has 0 bridgehead atoms. The van der Waals surface area contributed by atoms with Crippen LogP contribution < -0.4 is 10.0 Å². The lowest BCUT2D eigenvalue weighted by Gasteiger charge is -2.29. The van der Waals surface area contributed by atoms with Gasteiger partial charge in [-0.2, -0.15) is 0 Å². The Balaban J connectivity index is 1.39. The average molecular weight is 609 g/mol. The van der Waals surface area contributed by atoms with Gasteiger partial charge in [-0.05, 0) is 71.8 Å². The molecule has 1 aromatic heterocycles. The van der Waals surface area contributed by atoms with Crippen LogP contribution in [0.2, 0.25) is 10.0 Å². The smallest absolute Gasteiger partial charge is 0.264 e. The number of fused-ring (bicyclic) bond motifs is 1. The van der Waals surface area contributed by atoms with E-state index in [0.717, 1.165) is 5.56 Å². The van der Waals surface area contributed by atoms with E-state index in [1.807, 2.05) is 10.8 Å². The van der Waals surface area contributed by atoms with Crippen molar-refractivity contribution in [3.63, 3.8) is 0 Å². The Morgan fingerprint density at radius 2 is 1.63 bits per heavy atom. The lowest BCUT2D eigenvalue weighted by Crippen LogP contribution is -2.46. The topological polar surface area (TPSA) is 126 Å². The van der Waals surface area contributed by atoms with Gasteiger partial charge in [0.15, 0.2) is 0 Å². The van der Waals surface area contributed by atoms with Crippen LogP contribution in [0, 0.1) is 0 Å². The van der Waals surface area contributed by atoms with E-state index < -0.39 is 22.0 Å². The summed E-state index contributed by atoms with van der Waals surface area (Å²) < 4.78 is 27.2. The van der Waals surface area contributed by atoms with Gasteiger partial charge in [0, 0.05) is 41.0 Å². The van der Waals surface area contributed by atoms with Crippen molar-refractivity contribution in [3.8, 4) is 0 Å². The van der Waals surface area contributed by atoms with E-state index in [4.69, 9.17) is 23.2 Å². The number of nitrogens with one attached hydrogen (secondary N) is 2. The summed E-state index contributed by atoms with van der Waals surface area (Å²) in [6.07, 6.45) is 3.47. The number of rotatable bonds is 7. The molecule has 12 heteroatoms. The number of halogens is 2. The quantitative estimate of drug-likeness (QED) is 0.313. The molecule has 0 saturated heterocycles. The molecule has 1 aliphatic heterocycles. The van der Waals surface area contributed by atoms with Crippen LogP contribution in [0.3, 0.4) is 0 Å². The number of hydrogen-bond donors (Lipinski definition) is 2. The summed E-state index contributed by atoms with van der Waals surface area (Å²) in [5.41, 5.74) is 2.10. The maximum absolute atomic E-state index is 13.7. The molecular formula is C29H22Cl2N4O5S. The Morgan fingerprint density at radius 1 is 0.927 bits per heavy atom. The minimum atomic E-state index is -4.11. The van der Waals surface area contributed by atoms with Crippen LogP contribution in [0.5, 0.6) is 0 Å². The highest BCUT2D eigenvalue weighted by atomic mass is 35.5. The second-order valence-electron chi connectivity index (χ2n) is 9.28. The van der Waals surface area contributed by atoms with Crippen molar-refractivity contribution >= 4 is 56.6 Å². The van der Waals surface area contributed by atoms with Gasteiger partial charge in [0.05, 0.1) is 16.1 Å². The number of aromatic nitrogens is 1. The molecule has 1 aliphatic rings. The highest BCUT2D eigenvalue weighted by Gasteiger charge is 2.35. The number of nitrogens with zero attached hydrogens (tertiary/aromatic N) is 2. The number of carbonyl (C=O) groups is 3. The largest absolute Gasteiger partial charge is 0.323 e. The standard InChI is InChI=1S/C29H22Cl2N4O5S/c30-21-7-10-23(11-8-21)41(39,40)34-27(36)20-5-3-18(4-6-20)17-35-26(14-19-2-1-13-32-16-19)28(37)33-25-15-22(31)9-12-24(25)29(35)38/h1-13,15-16,26H,14,17H2,(H,33,37)(H,34,36). The molecule has 1 atom stereocenters. The Morgan fingerprint density at radius 3 is 2.32 bits per heavy atom. The number of amides is 3. The number of anilines is 1. The minimum Gasteiger partial charge on any atom is -0.323 e. The van der Waals surface area contributed by atoms with E-state index in [1.165, 1.54) is 47.4 Å². The number of hydrogen-bond acceptors (Lipinski definition) is 6. The Labute approximate surface area is 246 Å². The molecule has 208 valence electrons. The third-order valence-corrected chi connectivity index (χ3v) is 8.32. The fraction of sp³-hybridized carbons (Fsp3) is 0.103. The van der Waals surface area contributed by atoms with Gasteiger partial charge in [-0.1, -0.05) is 41.4 Å². The SMILES string of the molecule is O=C(NS(=O)(=O)c1ccc(Cl)cc1)c1ccc(CN2C(=O)c3ccc(Cl)cc3NC(=O)C2Cc2cccnc2)cc1.